The maximum Gasteiger partial charge on any atom is 0.260 e. The molecule has 0 aliphatic rings. The summed E-state index contributed by atoms with van der Waals surface area (Å²) in [7, 11) is 0. The standard InChI is InChI=1S/C21H16Cl2N2OS/c1-3-16-17(13-6-9-15(23)11(2)10-13)18-20(26)24-19(25-21(18)27-16)12-4-7-14(22)8-5-12/h4-10H,3H2,1-2H3,(H,24,25,26). The van der Waals surface area contributed by atoms with E-state index in [0.29, 0.717) is 21.3 Å². The molecule has 3 nitrogen and oxygen atoms in total. The lowest BCUT2D eigenvalue weighted by molar-refractivity contribution is 1.18. The second-order valence-electron chi connectivity index (χ2n) is 6.32. The van der Waals surface area contributed by atoms with E-state index >= 15 is 0 Å². The highest BCUT2D eigenvalue weighted by atomic mass is 35.5. The number of aryl methyl sites for hydroxylation is 2. The summed E-state index contributed by atoms with van der Waals surface area (Å²) < 4.78 is 0. The fraction of sp³-hybridized carbons (Fsp3) is 0.143. The van der Waals surface area contributed by atoms with E-state index in [2.05, 4.69) is 11.9 Å². The van der Waals surface area contributed by atoms with Crippen LogP contribution in [-0.2, 0) is 6.42 Å². The van der Waals surface area contributed by atoms with Crippen LogP contribution >= 0.6 is 34.5 Å². The predicted octanol–water partition coefficient (Wildman–Crippen LogP) is 6.50. The minimum absolute atomic E-state index is 0.136. The molecule has 27 heavy (non-hydrogen) atoms. The minimum atomic E-state index is -0.136. The molecule has 2 aromatic carbocycles. The molecule has 0 atom stereocenters. The number of benzene rings is 2. The Morgan fingerprint density at radius 1 is 1.07 bits per heavy atom. The van der Waals surface area contributed by atoms with Crippen molar-refractivity contribution in [3.8, 4) is 22.5 Å². The third-order valence-corrected chi connectivity index (χ3v) is 6.42. The molecule has 136 valence electrons. The second-order valence-corrected chi connectivity index (χ2v) is 8.25. The van der Waals surface area contributed by atoms with Crippen LogP contribution < -0.4 is 5.56 Å². The molecule has 0 spiro atoms. The Balaban J connectivity index is 1.96. The van der Waals surface area contributed by atoms with Crippen molar-refractivity contribution in [3.63, 3.8) is 0 Å². The molecular formula is C21H16Cl2N2OS. The zero-order valence-electron chi connectivity index (χ0n) is 14.8. The summed E-state index contributed by atoms with van der Waals surface area (Å²) in [4.78, 5) is 22.5. The van der Waals surface area contributed by atoms with E-state index in [9.17, 15) is 4.79 Å². The first-order chi connectivity index (χ1) is 13.0. The maximum absolute atomic E-state index is 13.0. The van der Waals surface area contributed by atoms with E-state index in [1.165, 1.54) is 0 Å². The summed E-state index contributed by atoms with van der Waals surface area (Å²) in [6.07, 6.45) is 0.827. The molecule has 4 aromatic rings. The Hall–Kier alpha value is -2.14. The summed E-state index contributed by atoms with van der Waals surface area (Å²) in [5.41, 5.74) is 3.62. The molecule has 2 heterocycles. The van der Waals surface area contributed by atoms with Crippen molar-refractivity contribution in [2.75, 3.05) is 0 Å². The molecule has 0 amide bonds. The summed E-state index contributed by atoms with van der Waals surface area (Å²) in [6, 6.07) is 13.1. The quantitative estimate of drug-likeness (QED) is 0.415. The number of rotatable bonds is 3. The average Bonchev–Trinajstić information content (AvgIpc) is 3.04. The van der Waals surface area contributed by atoms with Crippen LogP contribution in [0.15, 0.2) is 47.3 Å². The van der Waals surface area contributed by atoms with Gasteiger partial charge in [-0.3, -0.25) is 4.79 Å². The molecule has 0 aliphatic carbocycles. The smallest absolute Gasteiger partial charge is 0.260 e. The first-order valence-electron chi connectivity index (χ1n) is 8.56. The Bertz CT molecular complexity index is 1210. The third kappa shape index (κ3) is 3.29. The van der Waals surface area contributed by atoms with Gasteiger partial charge in [-0.1, -0.05) is 36.2 Å². The highest BCUT2D eigenvalue weighted by molar-refractivity contribution is 7.19. The van der Waals surface area contributed by atoms with Gasteiger partial charge in [0.2, 0.25) is 0 Å². The lowest BCUT2D eigenvalue weighted by atomic mass is 10.0. The van der Waals surface area contributed by atoms with Crippen LogP contribution in [0.5, 0.6) is 0 Å². The molecule has 4 rings (SSSR count). The lowest BCUT2D eigenvalue weighted by Gasteiger charge is -2.06. The first-order valence-corrected chi connectivity index (χ1v) is 10.1. The number of nitrogens with one attached hydrogen (secondary N) is 1. The van der Waals surface area contributed by atoms with Crippen molar-refractivity contribution < 1.29 is 0 Å². The Labute approximate surface area is 170 Å². The van der Waals surface area contributed by atoms with Crippen LogP contribution in [0.2, 0.25) is 10.0 Å². The van der Waals surface area contributed by atoms with Crippen LogP contribution in [0.1, 0.15) is 17.4 Å². The van der Waals surface area contributed by atoms with Gasteiger partial charge >= 0.3 is 0 Å². The Kier molecular flexibility index (Phi) is 4.81. The van der Waals surface area contributed by atoms with Gasteiger partial charge in [0.05, 0.1) is 5.39 Å². The van der Waals surface area contributed by atoms with Gasteiger partial charge in [-0.25, -0.2) is 4.98 Å². The van der Waals surface area contributed by atoms with Crippen LogP contribution in [0.3, 0.4) is 0 Å². The van der Waals surface area contributed by atoms with Crippen molar-refractivity contribution >= 4 is 44.8 Å². The second kappa shape index (κ2) is 7.12. The van der Waals surface area contributed by atoms with E-state index in [1.807, 2.05) is 37.3 Å². The number of thiophene rings is 1. The summed E-state index contributed by atoms with van der Waals surface area (Å²) in [6.45, 7) is 4.05. The number of nitrogens with zero attached hydrogens (tertiary/aromatic N) is 1. The predicted molar refractivity (Wildman–Crippen MR) is 115 cm³/mol. The lowest BCUT2D eigenvalue weighted by Crippen LogP contribution is -2.09. The van der Waals surface area contributed by atoms with Gasteiger partial charge in [-0.2, -0.15) is 0 Å². The van der Waals surface area contributed by atoms with Gasteiger partial charge in [-0.05, 0) is 60.9 Å². The summed E-state index contributed by atoms with van der Waals surface area (Å²) in [5.74, 6) is 0.548. The first kappa shape index (κ1) is 18.2. The largest absolute Gasteiger partial charge is 0.306 e. The van der Waals surface area contributed by atoms with E-state index in [4.69, 9.17) is 28.2 Å². The molecule has 0 radical (unpaired) electrons. The Morgan fingerprint density at radius 3 is 2.44 bits per heavy atom. The van der Waals surface area contributed by atoms with E-state index in [0.717, 1.165) is 38.4 Å². The molecule has 1 N–H and O–H groups in total. The molecule has 0 saturated heterocycles. The molecule has 0 fully saturated rings. The van der Waals surface area contributed by atoms with Gasteiger partial charge in [-0.15, -0.1) is 11.3 Å². The number of hydrogen-bond donors (Lipinski definition) is 1. The van der Waals surface area contributed by atoms with E-state index in [1.54, 1.807) is 23.5 Å². The number of hydrogen-bond acceptors (Lipinski definition) is 3. The Morgan fingerprint density at radius 2 is 1.78 bits per heavy atom. The fourth-order valence-corrected chi connectivity index (χ4v) is 4.53. The van der Waals surface area contributed by atoms with Gasteiger partial charge in [0.25, 0.3) is 5.56 Å². The van der Waals surface area contributed by atoms with Gasteiger partial charge < -0.3 is 4.98 Å². The monoisotopic (exact) mass is 414 g/mol. The van der Waals surface area contributed by atoms with Crippen molar-refractivity contribution in [1.29, 1.82) is 0 Å². The summed E-state index contributed by atoms with van der Waals surface area (Å²) in [5, 5.41) is 2.00. The SMILES string of the molecule is CCc1sc2nc(-c3ccc(Cl)cc3)[nH]c(=O)c2c1-c1ccc(Cl)c(C)c1. The zero-order chi connectivity index (χ0) is 19.1. The van der Waals surface area contributed by atoms with Crippen molar-refractivity contribution in [2.24, 2.45) is 0 Å². The van der Waals surface area contributed by atoms with Crippen LogP contribution in [-0.4, -0.2) is 9.97 Å². The molecule has 2 aromatic heterocycles. The molecule has 0 unspecified atom stereocenters. The molecule has 0 aliphatic heterocycles. The highest BCUT2D eigenvalue weighted by Gasteiger charge is 2.19. The minimum Gasteiger partial charge on any atom is -0.306 e. The van der Waals surface area contributed by atoms with Gasteiger partial charge in [0.15, 0.2) is 0 Å². The van der Waals surface area contributed by atoms with Crippen LogP contribution in [0.4, 0.5) is 0 Å². The normalized spacial score (nSPS) is 11.3. The fourth-order valence-electron chi connectivity index (χ4n) is 3.15. The average molecular weight is 415 g/mol. The third-order valence-electron chi connectivity index (χ3n) is 4.52. The van der Waals surface area contributed by atoms with Gasteiger partial charge in [0, 0.05) is 26.0 Å². The molecular weight excluding hydrogens is 399 g/mol. The highest BCUT2D eigenvalue weighted by Crippen LogP contribution is 2.38. The number of aromatic nitrogens is 2. The van der Waals surface area contributed by atoms with E-state index in [-0.39, 0.29) is 5.56 Å². The summed E-state index contributed by atoms with van der Waals surface area (Å²) >= 11 is 13.7. The molecule has 0 bridgehead atoms. The van der Waals surface area contributed by atoms with Crippen molar-refractivity contribution in [3.05, 3.63) is 73.3 Å². The topological polar surface area (TPSA) is 45.8 Å². The number of aromatic amines is 1. The van der Waals surface area contributed by atoms with Crippen LogP contribution in [0, 0.1) is 6.92 Å². The number of halogens is 2. The number of H-pyrrole nitrogens is 1. The van der Waals surface area contributed by atoms with Gasteiger partial charge in [0.1, 0.15) is 10.7 Å². The van der Waals surface area contributed by atoms with E-state index < -0.39 is 0 Å². The molecule has 0 saturated carbocycles. The number of fused-ring (bicyclic) bond motifs is 1. The molecule has 6 heteroatoms. The maximum atomic E-state index is 13.0. The van der Waals surface area contributed by atoms with Crippen molar-refractivity contribution in [1.82, 2.24) is 9.97 Å². The van der Waals surface area contributed by atoms with Crippen molar-refractivity contribution in [2.45, 2.75) is 20.3 Å². The van der Waals surface area contributed by atoms with Crippen LogP contribution in [0.25, 0.3) is 32.7 Å². The zero-order valence-corrected chi connectivity index (χ0v) is 17.1.